The van der Waals surface area contributed by atoms with E-state index in [2.05, 4.69) is 10.2 Å². The predicted octanol–water partition coefficient (Wildman–Crippen LogP) is 0.139. The molecule has 0 spiro atoms. The van der Waals surface area contributed by atoms with Gasteiger partial charge in [-0.1, -0.05) is 18.2 Å². The number of likely N-dealkylation sites (tertiary alicyclic amines) is 1. The van der Waals surface area contributed by atoms with Crippen molar-refractivity contribution in [2.24, 2.45) is 11.1 Å². The second-order valence-electron chi connectivity index (χ2n) is 8.94. The Hall–Kier alpha value is -2.65. The Bertz CT molecular complexity index is 829. The van der Waals surface area contributed by atoms with E-state index < -0.39 is 11.9 Å². The van der Waals surface area contributed by atoms with Gasteiger partial charge in [0.1, 0.15) is 11.8 Å². The molecule has 2 saturated heterocycles. The minimum atomic E-state index is -0.599. The molecular weight excluding hydrogens is 412 g/mol. The lowest BCUT2D eigenvalue weighted by molar-refractivity contribution is -0.138. The number of rotatable bonds is 10. The van der Waals surface area contributed by atoms with Crippen LogP contribution >= 0.6 is 0 Å². The first-order valence-corrected chi connectivity index (χ1v) is 11.3. The standard InChI is InChI=1S/C23H32N4O5/c24-22(30)18-13-23(16-26-8-11-31-12-9-26)14-19(23)27(18)21(29)15-25-20(28)7-4-10-32-17-5-2-1-3-6-17/h1-3,5-6,18-19H,4,7-16H2,(H2,24,30)(H,25,28). The summed E-state index contributed by atoms with van der Waals surface area (Å²) in [5, 5.41) is 2.69. The van der Waals surface area contributed by atoms with Crippen LogP contribution in [0.25, 0.3) is 0 Å². The largest absolute Gasteiger partial charge is 0.494 e. The van der Waals surface area contributed by atoms with Gasteiger partial charge in [-0.3, -0.25) is 19.3 Å². The van der Waals surface area contributed by atoms with Gasteiger partial charge in [-0.05, 0) is 31.4 Å². The maximum Gasteiger partial charge on any atom is 0.242 e. The van der Waals surface area contributed by atoms with Gasteiger partial charge in [-0.15, -0.1) is 0 Å². The lowest BCUT2D eigenvalue weighted by Gasteiger charge is -2.29. The fourth-order valence-corrected chi connectivity index (χ4v) is 4.96. The van der Waals surface area contributed by atoms with E-state index in [4.69, 9.17) is 15.2 Å². The lowest BCUT2D eigenvalue weighted by Crippen LogP contribution is -2.49. The van der Waals surface area contributed by atoms with Crippen LogP contribution in [-0.2, 0) is 19.1 Å². The van der Waals surface area contributed by atoms with E-state index >= 15 is 0 Å². The quantitative estimate of drug-likeness (QED) is 0.496. The van der Waals surface area contributed by atoms with E-state index in [-0.39, 0.29) is 36.2 Å². The zero-order chi connectivity index (χ0) is 22.6. The zero-order valence-electron chi connectivity index (χ0n) is 18.3. The normalized spacial score (nSPS) is 26.9. The third-order valence-electron chi connectivity index (χ3n) is 6.67. The first kappa shape index (κ1) is 22.5. The summed E-state index contributed by atoms with van der Waals surface area (Å²) in [5.41, 5.74) is 5.55. The van der Waals surface area contributed by atoms with Crippen molar-refractivity contribution < 1.29 is 23.9 Å². The number of fused-ring (bicyclic) bond motifs is 1. The highest BCUT2D eigenvalue weighted by molar-refractivity contribution is 5.91. The van der Waals surface area contributed by atoms with Crippen molar-refractivity contribution in [2.45, 2.75) is 37.8 Å². The third kappa shape index (κ3) is 5.21. The molecule has 174 valence electrons. The molecule has 3 N–H and O–H groups in total. The van der Waals surface area contributed by atoms with Crippen molar-refractivity contribution in [1.82, 2.24) is 15.1 Å². The van der Waals surface area contributed by atoms with E-state index in [9.17, 15) is 14.4 Å². The van der Waals surface area contributed by atoms with Crippen LogP contribution in [0.2, 0.25) is 0 Å². The molecule has 4 rings (SSSR count). The van der Waals surface area contributed by atoms with Crippen molar-refractivity contribution in [3.63, 3.8) is 0 Å². The summed E-state index contributed by atoms with van der Waals surface area (Å²) in [6.07, 6.45) is 2.29. The molecule has 3 amide bonds. The molecule has 2 aliphatic heterocycles. The SMILES string of the molecule is NC(=O)C1CC2(CN3CCOCC3)CC2N1C(=O)CNC(=O)CCCOc1ccccc1. The molecule has 3 aliphatic rings. The minimum absolute atomic E-state index is 0.0199. The summed E-state index contributed by atoms with van der Waals surface area (Å²) in [4.78, 5) is 41.1. The number of hydrogen-bond donors (Lipinski definition) is 2. The van der Waals surface area contributed by atoms with Gasteiger partial charge in [-0.25, -0.2) is 0 Å². The second kappa shape index (κ2) is 9.87. The zero-order valence-corrected chi connectivity index (χ0v) is 18.3. The van der Waals surface area contributed by atoms with Crippen LogP contribution in [0.4, 0.5) is 0 Å². The fourth-order valence-electron chi connectivity index (χ4n) is 4.96. The van der Waals surface area contributed by atoms with Gasteiger partial charge in [-0.2, -0.15) is 0 Å². The average Bonchev–Trinajstić information content (AvgIpc) is 3.39. The van der Waals surface area contributed by atoms with Crippen LogP contribution in [0.15, 0.2) is 30.3 Å². The molecule has 2 heterocycles. The Morgan fingerprint density at radius 3 is 2.62 bits per heavy atom. The number of nitrogens with two attached hydrogens (primary N) is 1. The Labute approximate surface area is 188 Å². The van der Waals surface area contributed by atoms with Crippen LogP contribution in [0.1, 0.15) is 25.7 Å². The van der Waals surface area contributed by atoms with Crippen molar-refractivity contribution in [3.05, 3.63) is 30.3 Å². The molecular formula is C23H32N4O5. The minimum Gasteiger partial charge on any atom is -0.494 e. The van der Waals surface area contributed by atoms with Crippen LogP contribution in [0, 0.1) is 5.41 Å². The van der Waals surface area contributed by atoms with Crippen LogP contribution in [-0.4, -0.2) is 85.6 Å². The summed E-state index contributed by atoms with van der Waals surface area (Å²) in [6, 6.07) is 8.84. The Morgan fingerprint density at radius 2 is 1.91 bits per heavy atom. The smallest absolute Gasteiger partial charge is 0.242 e. The summed E-state index contributed by atoms with van der Waals surface area (Å²) in [7, 11) is 0. The van der Waals surface area contributed by atoms with Gasteiger partial charge in [0.2, 0.25) is 17.7 Å². The highest BCUT2D eigenvalue weighted by Gasteiger charge is 2.67. The topological polar surface area (TPSA) is 114 Å². The maximum absolute atomic E-state index is 12.9. The number of nitrogens with one attached hydrogen (secondary N) is 1. The average molecular weight is 445 g/mol. The second-order valence-corrected chi connectivity index (χ2v) is 8.94. The Balaban J connectivity index is 1.22. The molecule has 3 fully saturated rings. The van der Waals surface area contributed by atoms with E-state index in [1.54, 1.807) is 4.90 Å². The molecule has 0 radical (unpaired) electrons. The number of hydrogen-bond acceptors (Lipinski definition) is 6. The third-order valence-corrected chi connectivity index (χ3v) is 6.67. The number of ether oxygens (including phenoxy) is 2. The fraction of sp³-hybridized carbons (Fsp3) is 0.609. The van der Waals surface area contributed by atoms with Gasteiger partial charge in [0.05, 0.1) is 26.4 Å². The monoisotopic (exact) mass is 444 g/mol. The molecule has 1 aliphatic carbocycles. The molecule has 0 aromatic heterocycles. The maximum atomic E-state index is 12.9. The first-order chi connectivity index (χ1) is 15.5. The molecule has 3 atom stereocenters. The highest BCUT2D eigenvalue weighted by atomic mass is 16.5. The number of primary amides is 1. The number of carbonyl (C=O) groups is 3. The van der Waals surface area contributed by atoms with Gasteiger partial charge >= 0.3 is 0 Å². The number of morpholine rings is 1. The molecule has 9 heteroatoms. The van der Waals surface area contributed by atoms with Crippen LogP contribution in [0.3, 0.4) is 0 Å². The molecule has 32 heavy (non-hydrogen) atoms. The summed E-state index contributed by atoms with van der Waals surface area (Å²) in [5.74, 6) is -0.162. The summed E-state index contributed by atoms with van der Waals surface area (Å²) >= 11 is 0. The van der Waals surface area contributed by atoms with Gasteiger partial charge in [0.25, 0.3) is 0 Å². The number of piperidine rings is 1. The Kier molecular flexibility index (Phi) is 6.95. The molecule has 0 bridgehead atoms. The Morgan fingerprint density at radius 1 is 1.16 bits per heavy atom. The van der Waals surface area contributed by atoms with E-state index in [0.717, 1.165) is 31.8 Å². The number of carbonyl (C=O) groups excluding carboxylic acids is 3. The number of nitrogens with zero attached hydrogens (tertiary/aromatic N) is 2. The van der Waals surface area contributed by atoms with Gasteiger partial charge < -0.3 is 25.4 Å². The van der Waals surface area contributed by atoms with Crippen molar-refractivity contribution in [1.29, 1.82) is 0 Å². The van der Waals surface area contributed by atoms with Crippen molar-refractivity contribution in [3.8, 4) is 5.75 Å². The van der Waals surface area contributed by atoms with Crippen molar-refractivity contribution >= 4 is 17.7 Å². The van der Waals surface area contributed by atoms with Crippen molar-refractivity contribution in [2.75, 3.05) is 46.0 Å². The van der Waals surface area contributed by atoms with Crippen LogP contribution < -0.4 is 15.8 Å². The molecule has 1 aromatic carbocycles. The van der Waals surface area contributed by atoms with Crippen LogP contribution in [0.5, 0.6) is 5.75 Å². The van der Waals surface area contributed by atoms with E-state index in [1.165, 1.54) is 0 Å². The summed E-state index contributed by atoms with van der Waals surface area (Å²) in [6.45, 7) is 4.32. The summed E-state index contributed by atoms with van der Waals surface area (Å²) < 4.78 is 11.0. The molecule has 3 unspecified atom stereocenters. The number of benzene rings is 1. The lowest BCUT2D eigenvalue weighted by atomic mass is 9.98. The predicted molar refractivity (Wildman–Crippen MR) is 117 cm³/mol. The van der Waals surface area contributed by atoms with Gasteiger partial charge in [0.15, 0.2) is 0 Å². The van der Waals surface area contributed by atoms with E-state index in [0.29, 0.717) is 32.7 Å². The van der Waals surface area contributed by atoms with E-state index in [1.807, 2.05) is 30.3 Å². The molecule has 1 saturated carbocycles. The molecule has 1 aromatic rings. The molecule has 9 nitrogen and oxygen atoms in total. The first-order valence-electron chi connectivity index (χ1n) is 11.3. The highest BCUT2D eigenvalue weighted by Crippen LogP contribution is 2.59. The number of amides is 3. The van der Waals surface area contributed by atoms with Gasteiger partial charge in [0, 0.05) is 37.5 Å². The number of para-hydroxylation sites is 1.